The van der Waals surface area contributed by atoms with Crippen molar-refractivity contribution in [2.75, 3.05) is 20.3 Å². The lowest BCUT2D eigenvalue weighted by atomic mass is 10.2. The number of halogens is 1. The molecule has 2 aromatic rings. The average molecular weight is 356 g/mol. The Morgan fingerprint density at radius 1 is 1.13 bits per heavy atom. The Kier molecular flexibility index (Phi) is 5.87. The molecule has 0 aromatic heterocycles. The van der Waals surface area contributed by atoms with Gasteiger partial charge in [0.05, 0.1) is 12.0 Å². The number of ether oxygens (including phenoxy) is 2. The first-order valence-electron chi connectivity index (χ1n) is 6.95. The second kappa shape index (κ2) is 7.68. The quantitative estimate of drug-likeness (QED) is 0.775. The Balaban J connectivity index is 1.94. The maximum absolute atomic E-state index is 12.3. The maximum atomic E-state index is 12.3. The van der Waals surface area contributed by atoms with Crippen LogP contribution in [0.2, 0.25) is 5.02 Å². The van der Waals surface area contributed by atoms with Crippen LogP contribution in [0.4, 0.5) is 0 Å². The average Bonchev–Trinajstić information content (AvgIpc) is 2.51. The van der Waals surface area contributed by atoms with Crippen molar-refractivity contribution >= 4 is 21.6 Å². The molecule has 2 rings (SSSR count). The smallest absolute Gasteiger partial charge is 0.240 e. The number of sulfonamides is 1. The molecular formula is C16H18ClNO4S. The molecule has 5 nitrogen and oxygen atoms in total. The second-order valence-corrected chi connectivity index (χ2v) is 7.01. The van der Waals surface area contributed by atoms with Gasteiger partial charge in [-0.25, -0.2) is 13.1 Å². The van der Waals surface area contributed by atoms with E-state index in [1.165, 1.54) is 13.2 Å². The number of nitrogens with one attached hydrogen (secondary N) is 1. The van der Waals surface area contributed by atoms with Crippen molar-refractivity contribution in [2.45, 2.75) is 11.8 Å². The lowest BCUT2D eigenvalue weighted by molar-refractivity contribution is 0.323. The molecule has 0 aliphatic heterocycles. The van der Waals surface area contributed by atoms with Gasteiger partial charge in [-0.1, -0.05) is 17.7 Å². The topological polar surface area (TPSA) is 64.6 Å². The van der Waals surface area contributed by atoms with Crippen LogP contribution < -0.4 is 14.2 Å². The third-order valence-electron chi connectivity index (χ3n) is 3.13. The van der Waals surface area contributed by atoms with Gasteiger partial charge in [0.2, 0.25) is 10.0 Å². The van der Waals surface area contributed by atoms with Crippen LogP contribution in [0, 0.1) is 6.92 Å². The van der Waals surface area contributed by atoms with Crippen LogP contribution in [-0.2, 0) is 10.0 Å². The van der Waals surface area contributed by atoms with E-state index in [9.17, 15) is 8.42 Å². The standard InChI is InChI=1S/C16H18ClNO4S/c1-12-10-14(21-2)6-7-16(12)23(19,20)18-8-9-22-15-5-3-4-13(17)11-15/h3-7,10-11,18H,8-9H2,1-2H3. The summed E-state index contributed by atoms with van der Waals surface area (Å²) < 4.78 is 37.6. The Labute approximate surface area is 141 Å². The number of hydrogen-bond donors (Lipinski definition) is 1. The van der Waals surface area contributed by atoms with Gasteiger partial charge in [-0.3, -0.25) is 0 Å². The highest BCUT2D eigenvalue weighted by atomic mass is 35.5. The summed E-state index contributed by atoms with van der Waals surface area (Å²) in [5.74, 6) is 1.21. The summed E-state index contributed by atoms with van der Waals surface area (Å²) >= 11 is 5.85. The number of hydrogen-bond acceptors (Lipinski definition) is 4. The molecule has 0 aliphatic rings. The molecule has 0 fully saturated rings. The molecule has 0 radical (unpaired) electrons. The van der Waals surface area contributed by atoms with Gasteiger partial charge >= 0.3 is 0 Å². The third-order valence-corrected chi connectivity index (χ3v) is 4.99. The van der Waals surface area contributed by atoms with E-state index in [0.29, 0.717) is 22.1 Å². The lowest BCUT2D eigenvalue weighted by Gasteiger charge is -2.11. The van der Waals surface area contributed by atoms with Crippen LogP contribution in [0.3, 0.4) is 0 Å². The Morgan fingerprint density at radius 3 is 2.57 bits per heavy atom. The van der Waals surface area contributed by atoms with Crippen LogP contribution >= 0.6 is 11.6 Å². The van der Waals surface area contributed by atoms with Crippen molar-refractivity contribution in [2.24, 2.45) is 0 Å². The Morgan fingerprint density at radius 2 is 1.91 bits per heavy atom. The molecule has 0 unspecified atom stereocenters. The molecule has 0 spiro atoms. The molecule has 0 bridgehead atoms. The van der Waals surface area contributed by atoms with Crippen molar-refractivity contribution in [1.82, 2.24) is 4.72 Å². The lowest BCUT2D eigenvalue weighted by Crippen LogP contribution is -2.28. The molecule has 23 heavy (non-hydrogen) atoms. The fourth-order valence-corrected chi connectivity index (χ4v) is 3.45. The van der Waals surface area contributed by atoms with E-state index in [1.54, 1.807) is 43.3 Å². The monoisotopic (exact) mass is 355 g/mol. The van der Waals surface area contributed by atoms with Gasteiger partial charge in [-0.15, -0.1) is 0 Å². The summed E-state index contributed by atoms with van der Waals surface area (Å²) in [6.07, 6.45) is 0. The van der Waals surface area contributed by atoms with Crippen molar-refractivity contribution in [3.63, 3.8) is 0 Å². The van der Waals surface area contributed by atoms with Gasteiger partial charge < -0.3 is 9.47 Å². The Hall–Kier alpha value is -1.76. The predicted octanol–water partition coefficient (Wildman–Crippen LogP) is 3.01. The maximum Gasteiger partial charge on any atom is 0.240 e. The number of methoxy groups -OCH3 is 1. The number of benzene rings is 2. The van der Waals surface area contributed by atoms with Gasteiger partial charge in [-0.2, -0.15) is 0 Å². The molecule has 0 amide bonds. The van der Waals surface area contributed by atoms with E-state index < -0.39 is 10.0 Å². The zero-order chi connectivity index (χ0) is 16.9. The minimum atomic E-state index is -3.59. The third kappa shape index (κ3) is 4.86. The highest BCUT2D eigenvalue weighted by Gasteiger charge is 2.16. The van der Waals surface area contributed by atoms with Crippen molar-refractivity contribution in [3.05, 3.63) is 53.1 Å². The van der Waals surface area contributed by atoms with E-state index >= 15 is 0 Å². The molecule has 2 aromatic carbocycles. The van der Waals surface area contributed by atoms with E-state index in [-0.39, 0.29) is 18.0 Å². The SMILES string of the molecule is COc1ccc(S(=O)(=O)NCCOc2cccc(Cl)c2)c(C)c1. The van der Waals surface area contributed by atoms with Gasteiger partial charge in [0.1, 0.15) is 18.1 Å². The van der Waals surface area contributed by atoms with Gasteiger partial charge in [0.25, 0.3) is 0 Å². The fourth-order valence-electron chi connectivity index (χ4n) is 2.03. The molecule has 7 heteroatoms. The summed E-state index contributed by atoms with van der Waals surface area (Å²) in [5, 5.41) is 0.567. The highest BCUT2D eigenvalue weighted by molar-refractivity contribution is 7.89. The first kappa shape index (κ1) is 17.6. The predicted molar refractivity (Wildman–Crippen MR) is 89.9 cm³/mol. The van der Waals surface area contributed by atoms with Crippen molar-refractivity contribution in [3.8, 4) is 11.5 Å². The molecule has 0 heterocycles. The minimum Gasteiger partial charge on any atom is -0.497 e. The first-order chi connectivity index (χ1) is 10.9. The molecule has 0 saturated heterocycles. The van der Waals surface area contributed by atoms with Crippen LogP contribution in [-0.4, -0.2) is 28.7 Å². The van der Waals surface area contributed by atoms with E-state index in [4.69, 9.17) is 21.1 Å². The first-order valence-corrected chi connectivity index (χ1v) is 8.81. The Bertz CT molecular complexity index is 777. The summed E-state index contributed by atoms with van der Waals surface area (Å²) in [6, 6.07) is 11.7. The van der Waals surface area contributed by atoms with E-state index in [0.717, 1.165) is 0 Å². The van der Waals surface area contributed by atoms with Crippen LogP contribution in [0.5, 0.6) is 11.5 Å². The van der Waals surface area contributed by atoms with Crippen molar-refractivity contribution < 1.29 is 17.9 Å². The molecule has 0 saturated carbocycles. The second-order valence-electron chi connectivity index (χ2n) is 4.84. The number of aryl methyl sites for hydroxylation is 1. The zero-order valence-corrected chi connectivity index (χ0v) is 14.4. The molecule has 0 atom stereocenters. The van der Waals surface area contributed by atoms with E-state index in [2.05, 4.69) is 4.72 Å². The van der Waals surface area contributed by atoms with Crippen LogP contribution in [0.25, 0.3) is 0 Å². The van der Waals surface area contributed by atoms with E-state index in [1.807, 2.05) is 0 Å². The van der Waals surface area contributed by atoms with Gasteiger partial charge in [-0.05, 0) is 48.9 Å². The van der Waals surface area contributed by atoms with Crippen molar-refractivity contribution in [1.29, 1.82) is 0 Å². The molecule has 124 valence electrons. The summed E-state index contributed by atoms with van der Waals surface area (Å²) in [4.78, 5) is 0.223. The molecular weight excluding hydrogens is 338 g/mol. The zero-order valence-electron chi connectivity index (χ0n) is 12.9. The summed E-state index contributed by atoms with van der Waals surface area (Å²) in [7, 11) is -2.05. The largest absolute Gasteiger partial charge is 0.497 e. The molecule has 0 aliphatic carbocycles. The fraction of sp³-hybridized carbons (Fsp3) is 0.250. The normalized spacial score (nSPS) is 11.3. The van der Waals surface area contributed by atoms with Crippen LogP contribution in [0.15, 0.2) is 47.4 Å². The summed E-state index contributed by atoms with van der Waals surface area (Å²) in [5.41, 5.74) is 0.618. The highest BCUT2D eigenvalue weighted by Crippen LogP contribution is 2.21. The van der Waals surface area contributed by atoms with Crippen LogP contribution in [0.1, 0.15) is 5.56 Å². The molecule has 1 N–H and O–H groups in total. The number of rotatable bonds is 7. The van der Waals surface area contributed by atoms with Gasteiger partial charge in [0.15, 0.2) is 0 Å². The minimum absolute atomic E-state index is 0.153. The van der Waals surface area contributed by atoms with Gasteiger partial charge in [0, 0.05) is 11.6 Å². The summed E-state index contributed by atoms with van der Waals surface area (Å²) in [6.45, 7) is 2.08.